The molecule has 1 amide bonds. The summed E-state index contributed by atoms with van der Waals surface area (Å²) in [5.74, 6) is 0.171. The molecule has 2 bridgehead atoms. The number of carbonyl (C=O) groups is 1. The number of sulfonamides is 1. The zero-order valence-electron chi connectivity index (χ0n) is 24.3. The minimum Gasteiger partial charge on any atom is -0.477 e. The lowest BCUT2D eigenvalue weighted by Crippen LogP contribution is -2.41. The average Bonchev–Trinajstić information content (AvgIpc) is 3.46. The molecule has 43 heavy (non-hydrogen) atoms. The zero-order chi connectivity index (χ0) is 31.2. The van der Waals surface area contributed by atoms with Crippen LogP contribution in [-0.4, -0.2) is 66.2 Å². The molecule has 2 aliphatic heterocycles. The third-order valence-corrected chi connectivity index (χ3v) is 10.0. The van der Waals surface area contributed by atoms with Crippen molar-refractivity contribution < 1.29 is 31.1 Å². The van der Waals surface area contributed by atoms with Crippen LogP contribution in [0.2, 0.25) is 0 Å². The Balaban J connectivity index is 1.46. The van der Waals surface area contributed by atoms with E-state index in [1.54, 1.807) is 13.1 Å². The first-order chi connectivity index (χ1) is 20.2. The average molecular weight is 624 g/mol. The molecule has 11 nitrogen and oxygen atoms in total. The molecule has 15 heteroatoms. The molecule has 234 valence electrons. The quantitative estimate of drug-likeness (QED) is 0.507. The number of hydrogen-bond donors (Lipinski definition) is 2. The van der Waals surface area contributed by atoms with Gasteiger partial charge in [0.25, 0.3) is 15.9 Å². The van der Waals surface area contributed by atoms with Gasteiger partial charge in [-0.15, -0.1) is 5.10 Å². The van der Waals surface area contributed by atoms with E-state index in [4.69, 9.17) is 15.5 Å². The number of allylic oxidation sites excluding steroid dienone is 1. The van der Waals surface area contributed by atoms with Gasteiger partial charge in [0.1, 0.15) is 10.7 Å². The Kier molecular flexibility index (Phi) is 7.99. The number of nitrogens with one attached hydrogen (secondary N) is 1. The summed E-state index contributed by atoms with van der Waals surface area (Å²) in [6.07, 6.45) is 0.719. The van der Waals surface area contributed by atoms with Crippen molar-refractivity contribution in [3.05, 3.63) is 41.1 Å². The van der Waals surface area contributed by atoms with Gasteiger partial charge in [-0.25, -0.2) is 22.8 Å². The highest BCUT2D eigenvalue weighted by Crippen LogP contribution is 2.59. The van der Waals surface area contributed by atoms with Crippen LogP contribution in [0.1, 0.15) is 69.7 Å². The summed E-state index contributed by atoms with van der Waals surface area (Å²) >= 11 is 0. The molecular formula is C28H36F3N7O4S. The van der Waals surface area contributed by atoms with Gasteiger partial charge >= 0.3 is 6.18 Å². The van der Waals surface area contributed by atoms with Crippen molar-refractivity contribution in [3.8, 4) is 11.7 Å². The fourth-order valence-electron chi connectivity index (χ4n) is 5.93. The summed E-state index contributed by atoms with van der Waals surface area (Å²) in [5, 5.41) is 4.33. The maximum absolute atomic E-state index is 13.5. The van der Waals surface area contributed by atoms with Crippen molar-refractivity contribution in [2.24, 2.45) is 22.1 Å². The molecule has 0 spiro atoms. The number of rotatable bonds is 5. The van der Waals surface area contributed by atoms with Crippen LogP contribution >= 0.6 is 0 Å². The van der Waals surface area contributed by atoms with Crippen molar-refractivity contribution >= 4 is 27.5 Å². The Morgan fingerprint density at radius 2 is 1.98 bits per heavy atom. The molecule has 2 aromatic rings. The van der Waals surface area contributed by atoms with E-state index in [0.29, 0.717) is 24.8 Å². The number of fused-ring (bicyclic) bond motifs is 4. The van der Waals surface area contributed by atoms with E-state index in [1.807, 2.05) is 18.7 Å². The minimum absolute atomic E-state index is 0.0505. The highest BCUT2D eigenvalue weighted by Gasteiger charge is 2.62. The number of anilines is 1. The van der Waals surface area contributed by atoms with E-state index in [2.05, 4.69) is 14.8 Å². The number of amides is 1. The smallest absolute Gasteiger partial charge is 0.394 e. The molecule has 1 aliphatic carbocycles. The monoisotopic (exact) mass is 623 g/mol. The van der Waals surface area contributed by atoms with Gasteiger partial charge in [0.15, 0.2) is 5.82 Å². The van der Waals surface area contributed by atoms with E-state index in [1.165, 1.54) is 22.9 Å². The van der Waals surface area contributed by atoms with Gasteiger partial charge in [0, 0.05) is 37.1 Å². The minimum atomic E-state index is -4.33. The van der Waals surface area contributed by atoms with Crippen LogP contribution in [-0.2, 0) is 10.0 Å². The number of halogens is 3. The summed E-state index contributed by atoms with van der Waals surface area (Å²) in [4.78, 5) is 24.4. The number of hydrogen-bond acceptors (Lipinski definition) is 9. The Labute approximate surface area is 248 Å². The number of aliphatic imine (C=N–C) groups is 1. The molecule has 0 radical (unpaired) electrons. The Bertz CT molecular complexity index is 1560. The first-order valence-corrected chi connectivity index (χ1v) is 15.7. The predicted octanol–water partition coefficient (Wildman–Crippen LogP) is 4.10. The molecule has 3 aliphatic rings. The third kappa shape index (κ3) is 6.22. The van der Waals surface area contributed by atoms with Crippen molar-refractivity contribution in [3.63, 3.8) is 0 Å². The SMILES string of the molecule is CC1=NCCC[C@@H]2CN(c3nc(-n4ccc(OCCC5(C(F)(F)F)CC5)n4)ccc3C(=O)NS(=O)(=O)C1=CN)C(C)(C)C2. The number of alkyl halides is 3. The van der Waals surface area contributed by atoms with Crippen LogP contribution in [0.4, 0.5) is 19.0 Å². The molecule has 4 heterocycles. The number of carbonyl (C=O) groups excluding carboxylic acids is 1. The molecule has 1 saturated heterocycles. The number of nitrogens with two attached hydrogens (primary N) is 1. The standard InChI is InChI=1S/C28H36F3N7O4S/c1-18-21(16-32)43(40,41)36-25(39)20-6-7-22(34-24(20)37-17-19(5-4-12-33-18)15-26(37,2)3)38-13-8-23(35-38)42-14-11-27(9-10-27)28(29,30)31/h6-8,13,16,19H,4-5,9-12,14-15,17,32H2,1-3H3,(H,36,39)/t19-/m0/s1. The van der Waals surface area contributed by atoms with E-state index >= 15 is 0 Å². The third-order valence-electron chi connectivity index (χ3n) is 8.55. The summed E-state index contributed by atoms with van der Waals surface area (Å²) in [6.45, 7) is 6.52. The Morgan fingerprint density at radius 3 is 2.65 bits per heavy atom. The van der Waals surface area contributed by atoms with Gasteiger partial charge in [-0.05, 0) is 77.3 Å². The molecule has 5 rings (SSSR count). The van der Waals surface area contributed by atoms with Gasteiger partial charge in [0.05, 0.1) is 23.3 Å². The van der Waals surface area contributed by atoms with Crippen molar-refractivity contribution in [2.75, 3.05) is 24.6 Å². The Hall–Kier alpha value is -3.62. The molecular weight excluding hydrogens is 587 g/mol. The highest BCUT2D eigenvalue weighted by atomic mass is 32.2. The van der Waals surface area contributed by atoms with Gasteiger partial charge in [0.2, 0.25) is 5.88 Å². The Morgan fingerprint density at radius 1 is 1.23 bits per heavy atom. The molecule has 3 N–H and O–H groups in total. The van der Waals surface area contributed by atoms with Crippen LogP contribution in [0.5, 0.6) is 5.88 Å². The van der Waals surface area contributed by atoms with E-state index < -0.39 is 33.1 Å². The summed E-state index contributed by atoms with van der Waals surface area (Å²) in [5.41, 5.74) is 3.83. The maximum atomic E-state index is 13.5. The highest BCUT2D eigenvalue weighted by molar-refractivity contribution is 7.95. The van der Waals surface area contributed by atoms with Crippen molar-refractivity contribution in [2.45, 2.75) is 71.0 Å². The maximum Gasteiger partial charge on any atom is 0.394 e. The lowest BCUT2D eigenvalue weighted by Gasteiger charge is -2.34. The number of nitrogens with zero attached hydrogens (tertiary/aromatic N) is 5. The molecule has 1 saturated carbocycles. The summed E-state index contributed by atoms with van der Waals surface area (Å²) < 4.78 is 75.1. The second-order valence-electron chi connectivity index (χ2n) is 12.1. The van der Waals surface area contributed by atoms with Crippen LogP contribution in [0.25, 0.3) is 5.82 Å². The van der Waals surface area contributed by atoms with Crippen LogP contribution in [0.3, 0.4) is 0 Å². The lowest BCUT2D eigenvalue weighted by molar-refractivity contribution is -0.190. The van der Waals surface area contributed by atoms with E-state index in [0.717, 1.165) is 25.5 Å². The number of pyridine rings is 1. The molecule has 0 unspecified atom stereocenters. The molecule has 1 atom stereocenters. The fraction of sp³-hybridized carbons (Fsp3) is 0.571. The van der Waals surface area contributed by atoms with Crippen LogP contribution < -0.4 is 20.1 Å². The molecule has 2 aromatic heterocycles. The topological polar surface area (TPSA) is 145 Å². The second kappa shape index (κ2) is 11.1. The fourth-order valence-corrected chi connectivity index (χ4v) is 7.03. The van der Waals surface area contributed by atoms with Gasteiger partial charge in [-0.3, -0.25) is 9.79 Å². The zero-order valence-corrected chi connectivity index (χ0v) is 25.1. The lowest BCUT2D eigenvalue weighted by atomic mass is 9.93. The summed E-state index contributed by atoms with van der Waals surface area (Å²) in [6, 6.07) is 4.52. The molecule has 0 aromatic carbocycles. The van der Waals surface area contributed by atoms with Crippen LogP contribution in [0.15, 0.2) is 40.5 Å². The molecule has 2 fully saturated rings. The second-order valence-corrected chi connectivity index (χ2v) is 13.7. The van der Waals surface area contributed by atoms with Gasteiger partial charge < -0.3 is 15.4 Å². The first kappa shape index (κ1) is 30.8. The van der Waals surface area contributed by atoms with E-state index in [9.17, 15) is 26.4 Å². The van der Waals surface area contributed by atoms with Crippen molar-refractivity contribution in [1.82, 2.24) is 19.5 Å². The predicted molar refractivity (Wildman–Crippen MR) is 155 cm³/mol. The van der Waals surface area contributed by atoms with Gasteiger partial charge in [-0.1, -0.05) is 0 Å². The van der Waals surface area contributed by atoms with Crippen LogP contribution in [0, 0.1) is 11.3 Å². The van der Waals surface area contributed by atoms with Gasteiger partial charge in [-0.2, -0.15) is 13.2 Å². The number of aromatic nitrogens is 3. The normalized spacial score (nSPS) is 24.1. The van der Waals surface area contributed by atoms with E-state index in [-0.39, 0.29) is 53.7 Å². The summed E-state index contributed by atoms with van der Waals surface area (Å²) in [7, 11) is -4.33. The first-order valence-electron chi connectivity index (χ1n) is 14.2. The number of ether oxygens (including phenoxy) is 1. The largest absolute Gasteiger partial charge is 0.477 e. The van der Waals surface area contributed by atoms with Crippen molar-refractivity contribution in [1.29, 1.82) is 0 Å².